The molecule has 1 aliphatic heterocycles. The smallest absolute Gasteiger partial charge is 0.257 e. The lowest BCUT2D eigenvalue weighted by Crippen LogP contribution is -2.48. The van der Waals surface area contributed by atoms with E-state index in [4.69, 9.17) is 27.9 Å². The van der Waals surface area contributed by atoms with Gasteiger partial charge in [-0.25, -0.2) is 4.68 Å². The number of carbonyl (C=O) groups excluding carboxylic acids is 1. The van der Waals surface area contributed by atoms with Gasteiger partial charge in [-0.15, -0.1) is 0 Å². The van der Waals surface area contributed by atoms with E-state index in [2.05, 4.69) is 10.00 Å². The minimum absolute atomic E-state index is 0.00444. The van der Waals surface area contributed by atoms with Crippen LogP contribution in [-0.4, -0.2) is 58.8 Å². The van der Waals surface area contributed by atoms with E-state index in [0.29, 0.717) is 28.7 Å². The summed E-state index contributed by atoms with van der Waals surface area (Å²) in [6, 6.07) is 13.0. The minimum atomic E-state index is -0.00444. The Morgan fingerprint density at radius 2 is 1.73 bits per heavy atom. The summed E-state index contributed by atoms with van der Waals surface area (Å²) in [7, 11) is 1.66. The third-order valence-electron chi connectivity index (χ3n) is 5.22. The molecular formula is C22H22Cl2N4O2. The first-order valence-corrected chi connectivity index (χ1v) is 10.4. The second kappa shape index (κ2) is 9.08. The maximum absolute atomic E-state index is 12.9. The van der Waals surface area contributed by atoms with Gasteiger partial charge in [0.1, 0.15) is 5.75 Å². The second-order valence-electron chi connectivity index (χ2n) is 7.17. The van der Waals surface area contributed by atoms with E-state index in [0.717, 1.165) is 36.6 Å². The first kappa shape index (κ1) is 20.7. The zero-order valence-corrected chi connectivity index (χ0v) is 18.1. The van der Waals surface area contributed by atoms with Crippen molar-refractivity contribution in [2.75, 3.05) is 33.3 Å². The van der Waals surface area contributed by atoms with Crippen LogP contribution in [0.1, 0.15) is 15.9 Å². The molecule has 0 unspecified atom stereocenters. The molecule has 30 heavy (non-hydrogen) atoms. The van der Waals surface area contributed by atoms with Gasteiger partial charge in [-0.1, -0.05) is 23.2 Å². The van der Waals surface area contributed by atoms with E-state index >= 15 is 0 Å². The summed E-state index contributed by atoms with van der Waals surface area (Å²) < 4.78 is 7.12. The maximum atomic E-state index is 12.9. The number of halogens is 2. The largest absolute Gasteiger partial charge is 0.496 e. The van der Waals surface area contributed by atoms with Gasteiger partial charge in [0.2, 0.25) is 0 Å². The van der Waals surface area contributed by atoms with Gasteiger partial charge in [-0.05, 0) is 42.5 Å². The number of carbonyl (C=O) groups is 1. The number of hydrogen-bond donors (Lipinski definition) is 0. The third-order valence-corrected chi connectivity index (χ3v) is 5.70. The van der Waals surface area contributed by atoms with E-state index in [1.807, 2.05) is 35.2 Å². The fourth-order valence-corrected chi connectivity index (χ4v) is 3.89. The Kier molecular flexibility index (Phi) is 6.27. The molecule has 0 bridgehead atoms. The van der Waals surface area contributed by atoms with Gasteiger partial charge in [0.25, 0.3) is 5.91 Å². The van der Waals surface area contributed by atoms with E-state index < -0.39 is 0 Å². The average molecular weight is 445 g/mol. The molecule has 0 spiro atoms. The van der Waals surface area contributed by atoms with Crippen molar-refractivity contribution in [3.63, 3.8) is 0 Å². The fourth-order valence-electron chi connectivity index (χ4n) is 3.57. The average Bonchev–Trinajstić information content (AvgIpc) is 3.25. The number of nitrogens with zero attached hydrogens (tertiary/aromatic N) is 4. The Bertz CT molecular complexity index is 1030. The molecule has 6 nitrogen and oxygen atoms in total. The molecule has 0 radical (unpaired) electrons. The van der Waals surface area contributed by atoms with Crippen LogP contribution in [0.3, 0.4) is 0 Å². The lowest BCUT2D eigenvalue weighted by Gasteiger charge is -2.34. The molecular weight excluding hydrogens is 423 g/mol. The van der Waals surface area contributed by atoms with Crippen molar-refractivity contribution in [2.24, 2.45) is 0 Å². The highest BCUT2D eigenvalue weighted by atomic mass is 35.5. The third kappa shape index (κ3) is 4.61. The Morgan fingerprint density at radius 1 is 1.03 bits per heavy atom. The SMILES string of the molecule is COc1ccc(Cl)cc1CN1CCN(C(=O)c2cnn(-c3ccc(Cl)cc3)c2)CC1. The molecule has 0 N–H and O–H groups in total. The Morgan fingerprint density at radius 3 is 2.43 bits per heavy atom. The molecule has 1 amide bonds. The van der Waals surface area contributed by atoms with Gasteiger partial charge >= 0.3 is 0 Å². The zero-order chi connectivity index (χ0) is 21.1. The van der Waals surface area contributed by atoms with Crippen molar-refractivity contribution in [1.29, 1.82) is 0 Å². The summed E-state index contributed by atoms with van der Waals surface area (Å²) in [4.78, 5) is 17.1. The molecule has 1 aliphatic rings. The second-order valence-corrected chi connectivity index (χ2v) is 8.05. The van der Waals surface area contributed by atoms with Crippen LogP contribution >= 0.6 is 23.2 Å². The Hall–Kier alpha value is -2.54. The molecule has 1 saturated heterocycles. The highest BCUT2D eigenvalue weighted by Crippen LogP contribution is 2.24. The summed E-state index contributed by atoms with van der Waals surface area (Å²) in [5.74, 6) is 0.822. The van der Waals surface area contributed by atoms with Crippen LogP contribution in [0.15, 0.2) is 54.9 Å². The van der Waals surface area contributed by atoms with Crippen molar-refractivity contribution >= 4 is 29.1 Å². The molecule has 4 rings (SSSR count). The number of benzene rings is 2. The highest BCUT2D eigenvalue weighted by molar-refractivity contribution is 6.30. The van der Waals surface area contributed by atoms with Crippen molar-refractivity contribution in [3.05, 3.63) is 76.0 Å². The van der Waals surface area contributed by atoms with E-state index in [9.17, 15) is 4.79 Å². The van der Waals surface area contributed by atoms with Crippen LogP contribution in [0.25, 0.3) is 5.69 Å². The highest BCUT2D eigenvalue weighted by Gasteiger charge is 2.24. The summed E-state index contributed by atoms with van der Waals surface area (Å²) in [6.45, 7) is 3.63. The lowest BCUT2D eigenvalue weighted by atomic mass is 10.1. The lowest BCUT2D eigenvalue weighted by molar-refractivity contribution is 0.0627. The number of rotatable bonds is 5. The van der Waals surface area contributed by atoms with Crippen LogP contribution in [-0.2, 0) is 6.54 Å². The molecule has 1 aromatic heterocycles. The molecule has 2 aromatic carbocycles. The summed E-state index contributed by atoms with van der Waals surface area (Å²) in [5, 5.41) is 5.67. The molecule has 3 aromatic rings. The van der Waals surface area contributed by atoms with Crippen LogP contribution < -0.4 is 4.74 Å². The molecule has 2 heterocycles. The normalized spacial score (nSPS) is 14.7. The van der Waals surface area contributed by atoms with Crippen molar-refractivity contribution in [3.8, 4) is 11.4 Å². The van der Waals surface area contributed by atoms with Gasteiger partial charge in [-0.2, -0.15) is 5.10 Å². The fraction of sp³-hybridized carbons (Fsp3) is 0.273. The number of aromatic nitrogens is 2. The number of hydrogen-bond acceptors (Lipinski definition) is 4. The molecule has 0 aliphatic carbocycles. The summed E-state index contributed by atoms with van der Waals surface area (Å²) in [6.07, 6.45) is 3.37. The standard InChI is InChI=1S/C22H22Cl2N4O2/c1-30-21-7-4-19(24)12-16(21)14-26-8-10-27(11-9-26)22(29)17-13-25-28(15-17)20-5-2-18(23)3-6-20/h2-7,12-13,15H,8-11,14H2,1H3. The first-order valence-electron chi connectivity index (χ1n) is 9.68. The van der Waals surface area contributed by atoms with Gasteiger partial charge in [0, 0.05) is 54.5 Å². The minimum Gasteiger partial charge on any atom is -0.496 e. The number of ether oxygens (including phenoxy) is 1. The van der Waals surface area contributed by atoms with Gasteiger partial charge in [0.05, 0.1) is 24.6 Å². The predicted octanol–water partition coefficient (Wildman–Crippen LogP) is 4.15. The summed E-state index contributed by atoms with van der Waals surface area (Å²) in [5.41, 5.74) is 2.49. The van der Waals surface area contributed by atoms with E-state index in [1.165, 1.54) is 0 Å². The van der Waals surface area contributed by atoms with Gasteiger partial charge in [0.15, 0.2) is 0 Å². The Balaban J connectivity index is 1.37. The van der Waals surface area contributed by atoms with Crippen molar-refractivity contribution in [2.45, 2.75) is 6.54 Å². The maximum Gasteiger partial charge on any atom is 0.257 e. The van der Waals surface area contributed by atoms with Crippen LogP contribution in [0.2, 0.25) is 10.0 Å². The molecule has 1 fully saturated rings. The zero-order valence-electron chi connectivity index (χ0n) is 16.6. The van der Waals surface area contributed by atoms with E-state index in [1.54, 1.807) is 36.3 Å². The number of methoxy groups -OCH3 is 1. The summed E-state index contributed by atoms with van der Waals surface area (Å²) >= 11 is 12.1. The molecule has 0 saturated carbocycles. The first-order chi connectivity index (χ1) is 14.5. The topological polar surface area (TPSA) is 50.6 Å². The van der Waals surface area contributed by atoms with Crippen molar-refractivity contribution < 1.29 is 9.53 Å². The Labute approximate surface area is 185 Å². The molecule has 0 atom stereocenters. The number of piperazine rings is 1. The van der Waals surface area contributed by atoms with Crippen LogP contribution in [0, 0.1) is 0 Å². The van der Waals surface area contributed by atoms with E-state index in [-0.39, 0.29) is 5.91 Å². The predicted molar refractivity (Wildman–Crippen MR) is 118 cm³/mol. The number of amides is 1. The quantitative estimate of drug-likeness (QED) is 0.592. The van der Waals surface area contributed by atoms with Crippen LogP contribution in [0.5, 0.6) is 5.75 Å². The monoisotopic (exact) mass is 444 g/mol. The van der Waals surface area contributed by atoms with Crippen LogP contribution in [0.4, 0.5) is 0 Å². The molecule has 156 valence electrons. The van der Waals surface area contributed by atoms with Gasteiger partial charge < -0.3 is 9.64 Å². The molecule has 8 heteroatoms. The van der Waals surface area contributed by atoms with Crippen molar-refractivity contribution in [1.82, 2.24) is 19.6 Å². The van der Waals surface area contributed by atoms with Gasteiger partial charge in [-0.3, -0.25) is 9.69 Å².